The van der Waals surface area contributed by atoms with Crippen LogP contribution in [0.3, 0.4) is 0 Å². The molecule has 2 aromatic rings. The molecular weight excluding hydrogens is 542 g/mol. The van der Waals surface area contributed by atoms with Crippen LogP contribution in [0.5, 0.6) is 17.2 Å². The zero-order valence-electron chi connectivity index (χ0n) is 22.9. The maximum Gasteiger partial charge on any atom is 0.234 e. The average molecular weight is 572 g/mol. The van der Waals surface area contributed by atoms with Crippen LogP contribution in [0.4, 0.5) is 0 Å². The number of phenols is 1. The number of fused-ring (bicyclic) bond motifs is 3. The van der Waals surface area contributed by atoms with Crippen LogP contribution < -0.4 is 9.47 Å². The molecule has 1 saturated heterocycles. The summed E-state index contributed by atoms with van der Waals surface area (Å²) >= 11 is 1.50. The van der Waals surface area contributed by atoms with Crippen molar-refractivity contribution >= 4 is 40.8 Å². The number of thiophene rings is 1. The van der Waals surface area contributed by atoms with E-state index in [9.17, 15) is 24.3 Å². The first-order valence-corrected chi connectivity index (χ1v) is 14.3. The third kappa shape index (κ3) is 4.35. The number of benzene rings is 1. The Morgan fingerprint density at radius 2 is 1.80 bits per heavy atom. The molecule has 0 spiro atoms. The van der Waals surface area contributed by atoms with Crippen molar-refractivity contribution in [2.75, 3.05) is 14.2 Å². The summed E-state index contributed by atoms with van der Waals surface area (Å²) in [7, 11) is 2.88. The Hall–Kier alpha value is -4.24. The van der Waals surface area contributed by atoms with E-state index >= 15 is 0 Å². The number of phenolic OH excluding ortho intramolecular Hbond substituents is 1. The first-order chi connectivity index (χ1) is 19.7. The van der Waals surface area contributed by atoms with Crippen molar-refractivity contribution in [3.8, 4) is 17.2 Å². The molecule has 1 aromatic carbocycles. The Bertz CT molecular complexity index is 1580. The summed E-state index contributed by atoms with van der Waals surface area (Å²) in [6.07, 6.45) is 7.66. The number of hydrogen-bond donors (Lipinski definition) is 1. The number of methoxy groups -OCH3 is 2. The maximum atomic E-state index is 13.8. The fraction of sp³-hybridized carbons (Fsp3) is 0.312. The molecule has 6 rings (SSSR count). The summed E-state index contributed by atoms with van der Waals surface area (Å²) in [6.45, 7) is 1.88. The third-order valence-corrected chi connectivity index (χ3v) is 9.44. The zero-order valence-corrected chi connectivity index (χ0v) is 23.7. The number of ether oxygens (including phenoxy) is 2. The van der Waals surface area contributed by atoms with E-state index in [1.54, 1.807) is 25.1 Å². The minimum atomic E-state index is -0.587. The molecule has 0 unspecified atom stereocenters. The molecule has 1 aliphatic heterocycles. The van der Waals surface area contributed by atoms with Gasteiger partial charge in [0.2, 0.25) is 17.6 Å². The summed E-state index contributed by atoms with van der Waals surface area (Å²) in [5.74, 6) is -2.48. The molecule has 2 heterocycles. The number of carbonyl (C=O) groups excluding carboxylic acids is 4. The van der Waals surface area contributed by atoms with Gasteiger partial charge in [0.1, 0.15) is 0 Å². The fourth-order valence-electron chi connectivity index (χ4n) is 6.64. The van der Waals surface area contributed by atoms with Crippen molar-refractivity contribution in [3.05, 3.63) is 80.6 Å². The van der Waals surface area contributed by atoms with Crippen molar-refractivity contribution < 1.29 is 33.8 Å². The number of hydrogen-bond acceptors (Lipinski definition) is 8. The van der Waals surface area contributed by atoms with Gasteiger partial charge in [-0.15, -0.1) is 11.3 Å². The lowest BCUT2D eigenvalue weighted by atomic mass is 9.60. The number of aromatic hydroxyl groups is 1. The summed E-state index contributed by atoms with van der Waals surface area (Å²) in [4.78, 5) is 56.2. The molecule has 210 valence electrons. The molecule has 0 saturated carbocycles. The minimum absolute atomic E-state index is 0.124. The smallest absolute Gasteiger partial charge is 0.234 e. The van der Waals surface area contributed by atoms with E-state index in [0.717, 1.165) is 10.5 Å². The minimum Gasteiger partial charge on any atom is -0.502 e. The number of rotatable bonds is 6. The van der Waals surface area contributed by atoms with Crippen LogP contribution in [-0.2, 0) is 25.7 Å². The first kappa shape index (κ1) is 27.0. The second-order valence-corrected chi connectivity index (χ2v) is 11.8. The Morgan fingerprint density at radius 1 is 1.07 bits per heavy atom. The van der Waals surface area contributed by atoms with Crippen LogP contribution in [0.1, 0.15) is 30.2 Å². The lowest BCUT2D eigenvalue weighted by Gasteiger charge is -2.41. The zero-order chi connectivity index (χ0) is 29.0. The van der Waals surface area contributed by atoms with Gasteiger partial charge >= 0.3 is 0 Å². The molecule has 1 N–H and O–H groups in total. The third-order valence-electron chi connectivity index (χ3n) is 8.58. The molecule has 3 aliphatic carbocycles. The summed E-state index contributed by atoms with van der Waals surface area (Å²) in [5.41, 5.74) is 2.76. The molecule has 1 fully saturated rings. The number of likely N-dealkylation sites (tertiary alicyclic amines) is 1. The van der Waals surface area contributed by atoms with Crippen molar-refractivity contribution in [1.82, 2.24) is 4.90 Å². The van der Waals surface area contributed by atoms with Crippen LogP contribution in [0, 0.1) is 23.7 Å². The molecule has 2 amide bonds. The fourth-order valence-corrected chi connectivity index (χ4v) is 7.33. The average Bonchev–Trinajstić information content (AvgIpc) is 3.57. The van der Waals surface area contributed by atoms with Crippen LogP contribution in [0.15, 0.2) is 70.2 Å². The van der Waals surface area contributed by atoms with Gasteiger partial charge in [0.15, 0.2) is 23.1 Å². The van der Waals surface area contributed by atoms with Crippen molar-refractivity contribution in [2.45, 2.75) is 26.3 Å². The predicted molar refractivity (Wildman–Crippen MR) is 152 cm³/mol. The second-order valence-electron chi connectivity index (χ2n) is 10.7. The Morgan fingerprint density at radius 3 is 2.46 bits per heavy atom. The highest BCUT2D eigenvalue weighted by Crippen LogP contribution is 2.53. The number of allylic oxidation sites excluding steroid dienone is 7. The van der Waals surface area contributed by atoms with Gasteiger partial charge in [-0.05, 0) is 60.9 Å². The highest BCUT2D eigenvalue weighted by molar-refractivity contribution is 7.09. The summed E-state index contributed by atoms with van der Waals surface area (Å²) < 4.78 is 10.6. The van der Waals surface area contributed by atoms with E-state index in [-0.39, 0.29) is 59.5 Å². The number of nitrogens with zero attached hydrogens (tertiary/aromatic N) is 1. The van der Waals surface area contributed by atoms with Crippen LogP contribution >= 0.6 is 11.3 Å². The standard InChI is InChI=1S/C32H29NO7S/c1-16-11-24(34)23-14-22-19(8-9-21-28(22)32(38)33(31(21)37)15-18-5-4-10-41-18)20(27(23)29(16)35)7-6-17-12-25(39-2)30(36)26(13-17)40-3/h4-8,10-13,20-22,28,36H,9,14-15H2,1-3H3/t20-,21-,22+,28-/m0/s1. The van der Waals surface area contributed by atoms with Gasteiger partial charge in [-0.2, -0.15) is 0 Å². The lowest BCUT2D eigenvalue weighted by molar-refractivity contribution is -0.140. The van der Waals surface area contributed by atoms with E-state index in [0.29, 0.717) is 28.7 Å². The van der Waals surface area contributed by atoms with Gasteiger partial charge < -0.3 is 14.6 Å². The van der Waals surface area contributed by atoms with Gasteiger partial charge in [0.05, 0.1) is 32.6 Å². The normalized spacial score (nSPS) is 25.7. The SMILES string of the molecule is COc1cc(C=C[C@H]2C3=CC[C@@H]4C(=O)N(Cc5cccs5)C(=O)[C@@H]4[C@@H]3CC3=C2C(=O)C(C)=CC3=O)cc(OC)c1O. The lowest BCUT2D eigenvalue weighted by Crippen LogP contribution is -2.40. The molecule has 1 aromatic heterocycles. The van der Waals surface area contributed by atoms with Crippen molar-refractivity contribution in [2.24, 2.45) is 23.7 Å². The molecule has 0 bridgehead atoms. The van der Waals surface area contributed by atoms with E-state index < -0.39 is 17.8 Å². The Kier molecular flexibility index (Phi) is 6.77. The molecule has 8 nitrogen and oxygen atoms in total. The van der Waals surface area contributed by atoms with Crippen molar-refractivity contribution in [3.63, 3.8) is 0 Å². The van der Waals surface area contributed by atoms with Crippen LogP contribution in [0.2, 0.25) is 0 Å². The first-order valence-electron chi connectivity index (χ1n) is 13.4. The highest BCUT2D eigenvalue weighted by atomic mass is 32.1. The number of Topliss-reactive ketones (excluding diaryl/α,β-unsaturated/α-hetero) is 1. The number of ketones is 2. The van der Waals surface area contributed by atoms with Gasteiger partial charge in [0, 0.05) is 27.5 Å². The molecule has 4 atom stereocenters. The van der Waals surface area contributed by atoms with E-state index in [1.807, 2.05) is 29.7 Å². The second kappa shape index (κ2) is 10.3. The van der Waals surface area contributed by atoms with Crippen LogP contribution in [-0.4, -0.2) is 47.6 Å². The van der Waals surface area contributed by atoms with Gasteiger partial charge in [-0.25, -0.2) is 0 Å². The number of carbonyl (C=O) groups is 4. The summed E-state index contributed by atoms with van der Waals surface area (Å²) in [5, 5.41) is 12.2. The van der Waals surface area contributed by atoms with E-state index in [2.05, 4.69) is 0 Å². The van der Waals surface area contributed by atoms with Gasteiger partial charge in [-0.3, -0.25) is 24.1 Å². The van der Waals surface area contributed by atoms with Crippen LogP contribution in [0.25, 0.3) is 6.08 Å². The van der Waals surface area contributed by atoms with Gasteiger partial charge in [-0.1, -0.05) is 29.9 Å². The Balaban J connectivity index is 1.41. The quantitative estimate of drug-likeness (QED) is 0.305. The molecule has 0 radical (unpaired) electrons. The van der Waals surface area contributed by atoms with E-state index in [4.69, 9.17) is 9.47 Å². The molecule has 4 aliphatic rings. The topological polar surface area (TPSA) is 110 Å². The van der Waals surface area contributed by atoms with E-state index in [1.165, 1.54) is 36.5 Å². The monoisotopic (exact) mass is 571 g/mol. The molecular formula is C32H29NO7S. The highest BCUT2D eigenvalue weighted by Gasteiger charge is 2.55. The largest absolute Gasteiger partial charge is 0.502 e. The summed E-state index contributed by atoms with van der Waals surface area (Å²) in [6, 6.07) is 7.10. The maximum absolute atomic E-state index is 13.8. The molecule has 9 heteroatoms. The number of imide groups is 1. The predicted octanol–water partition coefficient (Wildman–Crippen LogP) is 4.65. The molecule has 41 heavy (non-hydrogen) atoms. The van der Waals surface area contributed by atoms with Gasteiger partial charge in [0.25, 0.3) is 0 Å². The number of amides is 2. The Labute approximate surface area is 241 Å². The van der Waals surface area contributed by atoms with Crippen molar-refractivity contribution in [1.29, 1.82) is 0 Å².